The maximum Gasteiger partial charge on any atom is 0.269 e. The molecule has 0 fully saturated rings. The van der Waals surface area contributed by atoms with Crippen molar-refractivity contribution in [3.05, 3.63) is 75.3 Å². The third kappa shape index (κ3) is 3.76. The lowest BCUT2D eigenvalue weighted by atomic mass is 10.1. The molecule has 0 saturated carbocycles. The summed E-state index contributed by atoms with van der Waals surface area (Å²) in [4.78, 5) is 10.1. The standard InChI is InChI=1S/C15H12BrNO2/c16-11-14-5-3-12(4-6-14)1-2-13-7-9-15(10-8-13)17(18)19/h1-10H,11H2. The lowest BCUT2D eigenvalue weighted by Gasteiger charge is -1.97. The van der Waals surface area contributed by atoms with Gasteiger partial charge in [-0.15, -0.1) is 0 Å². The van der Waals surface area contributed by atoms with Crippen LogP contribution in [0.3, 0.4) is 0 Å². The van der Waals surface area contributed by atoms with Gasteiger partial charge in [-0.05, 0) is 28.8 Å². The number of alkyl halides is 1. The fourth-order valence-corrected chi connectivity index (χ4v) is 1.99. The SMILES string of the molecule is O=[N+]([O-])c1ccc(C=Cc2ccc(CBr)cc2)cc1. The Bertz CT molecular complexity index is 589. The molecule has 0 heterocycles. The molecular weight excluding hydrogens is 306 g/mol. The normalized spacial score (nSPS) is 10.8. The summed E-state index contributed by atoms with van der Waals surface area (Å²) in [5.41, 5.74) is 3.38. The van der Waals surface area contributed by atoms with E-state index in [1.54, 1.807) is 12.1 Å². The molecule has 2 rings (SSSR count). The number of hydrogen-bond acceptors (Lipinski definition) is 2. The Morgan fingerprint density at radius 2 is 1.42 bits per heavy atom. The Morgan fingerprint density at radius 1 is 0.947 bits per heavy atom. The third-order valence-corrected chi connectivity index (χ3v) is 3.35. The average molecular weight is 318 g/mol. The molecule has 19 heavy (non-hydrogen) atoms. The van der Waals surface area contributed by atoms with E-state index in [2.05, 4.69) is 28.1 Å². The van der Waals surface area contributed by atoms with Crippen LogP contribution in [-0.2, 0) is 5.33 Å². The second-order valence-electron chi connectivity index (χ2n) is 4.06. The first-order valence-corrected chi connectivity index (χ1v) is 6.88. The van der Waals surface area contributed by atoms with Gasteiger partial charge in [-0.2, -0.15) is 0 Å². The number of nitrogens with zero attached hydrogens (tertiary/aromatic N) is 1. The Morgan fingerprint density at radius 3 is 1.84 bits per heavy atom. The van der Waals surface area contributed by atoms with Crippen molar-refractivity contribution >= 4 is 33.8 Å². The van der Waals surface area contributed by atoms with Crippen molar-refractivity contribution in [2.24, 2.45) is 0 Å². The second kappa shape index (κ2) is 6.29. The summed E-state index contributed by atoms with van der Waals surface area (Å²) in [6.45, 7) is 0. The van der Waals surface area contributed by atoms with Gasteiger partial charge in [0, 0.05) is 17.5 Å². The van der Waals surface area contributed by atoms with Crippen LogP contribution in [0.2, 0.25) is 0 Å². The highest BCUT2D eigenvalue weighted by atomic mass is 79.9. The maximum atomic E-state index is 10.5. The van der Waals surface area contributed by atoms with Crippen molar-refractivity contribution in [1.82, 2.24) is 0 Å². The molecule has 0 aliphatic rings. The van der Waals surface area contributed by atoms with Gasteiger partial charge < -0.3 is 0 Å². The van der Waals surface area contributed by atoms with Crippen molar-refractivity contribution in [3.63, 3.8) is 0 Å². The van der Waals surface area contributed by atoms with Crippen LogP contribution in [0.4, 0.5) is 5.69 Å². The van der Waals surface area contributed by atoms with Crippen LogP contribution >= 0.6 is 15.9 Å². The molecule has 0 radical (unpaired) electrons. The zero-order chi connectivity index (χ0) is 13.7. The zero-order valence-electron chi connectivity index (χ0n) is 10.1. The summed E-state index contributed by atoms with van der Waals surface area (Å²) in [6.07, 6.45) is 3.92. The van der Waals surface area contributed by atoms with E-state index in [0.29, 0.717) is 0 Å². The Kier molecular flexibility index (Phi) is 4.47. The van der Waals surface area contributed by atoms with Crippen molar-refractivity contribution < 1.29 is 4.92 Å². The molecule has 0 N–H and O–H groups in total. The van der Waals surface area contributed by atoms with E-state index in [9.17, 15) is 10.1 Å². The smallest absolute Gasteiger partial charge is 0.258 e. The van der Waals surface area contributed by atoms with Crippen LogP contribution in [0.1, 0.15) is 16.7 Å². The molecule has 0 aliphatic heterocycles. The quantitative estimate of drug-likeness (QED) is 0.356. The van der Waals surface area contributed by atoms with E-state index in [1.165, 1.54) is 17.7 Å². The number of nitro groups is 1. The summed E-state index contributed by atoms with van der Waals surface area (Å²) < 4.78 is 0. The molecule has 0 saturated heterocycles. The van der Waals surface area contributed by atoms with Gasteiger partial charge in [0.2, 0.25) is 0 Å². The lowest BCUT2D eigenvalue weighted by molar-refractivity contribution is -0.384. The van der Waals surface area contributed by atoms with Gasteiger partial charge in [-0.25, -0.2) is 0 Å². The number of benzene rings is 2. The molecule has 2 aromatic carbocycles. The van der Waals surface area contributed by atoms with Crippen molar-refractivity contribution in [3.8, 4) is 0 Å². The van der Waals surface area contributed by atoms with Crippen LogP contribution in [0.15, 0.2) is 48.5 Å². The first kappa shape index (κ1) is 13.5. The van der Waals surface area contributed by atoms with E-state index in [1.807, 2.05) is 24.3 Å². The number of halogens is 1. The fourth-order valence-electron chi connectivity index (χ4n) is 1.62. The highest BCUT2D eigenvalue weighted by Gasteiger charge is 2.01. The predicted molar refractivity (Wildman–Crippen MR) is 81.1 cm³/mol. The fraction of sp³-hybridized carbons (Fsp3) is 0.0667. The molecule has 0 bridgehead atoms. The molecule has 0 atom stereocenters. The predicted octanol–water partition coefficient (Wildman–Crippen LogP) is 4.66. The summed E-state index contributed by atoms with van der Waals surface area (Å²) in [5.74, 6) is 0. The average Bonchev–Trinajstić information content (AvgIpc) is 2.46. The van der Waals surface area contributed by atoms with Crippen LogP contribution in [0, 0.1) is 10.1 Å². The van der Waals surface area contributed by atoms with Crippen LogP contribution < -0.4 is 0 Å². The third-order valence-electron chi connectivity index (χ3n) is 2.71. The highest BCUT2D eigenvalue weighted by molar-refractivity contribution is 9.08. The zero-order valence-corrected chi connectivity index (χ0v) is 11.7. The van der Waals surface area contributed by atoms with E-state index in [-0.39, 0.29) is 5.69 Å². The molecule has 0 aliphatic carbocycles. The summed E-state index contributed by atoms with van der Waals surface area (Å²) >= 11 is 3.40. The summed E-state index contributed by atoms with van der Waals surface area (Å²) in [6, 6.07) is 14.7. The molecule has 3 nitrogen and oxygen atoms in total. The first-order valence-electron chi connectivity index (χ1n) is 5.76. The van der Waals surface area contributed by atoms with E-state index < -0.39 is 4.92 Å². The first-order chi connectivity index (χ1) is 9.19. The van der Waals surface area contributed by atoms with Crippen molar-refractivity contribution in [2.75, 3.05) is 0 Å². The Hall–Kier alpha value is -1.94. The van der Waals surface area contributed by atoms with Crippen LogP contribution in [-0.4, -0.2) is 4.92 Å². The molecule has 0 amide bonds. The van der Waals surface area contributed by atoms with Crippen molar-refractivity contribution in [2.45, 2.75) is 5.33 Å². The van der Waals surface area contributed by atoms with Gasteiger partial charge in [0.25, 0.3) is 5.69 Å². The summed E-state index contributed by atoms with van der Waals surface area (Å²) in [5, 5.41) is 11.4. The Labute approximate surface area is 119 Å². The monoisotopic (exact) mass is 317 g/mol. The molecular formula is C15H12BrNO2. The van der Waals surface area contributed by atoms with Gasteiger partial charge in [-0.3, -0.25) is 10.1 Å². The van der Waals surface area contributed by atoms with E-state index in [4.69, 9.17) is 0 Å². The molecule has 4 heteroatoms. The topological polar surface area (TPSA) is 43.1 Å². The summed E-state index contributed by atoms with van der Waals surface area (Å²) in [7, 11) is 0. The van der Waals surface area contributed by atoms with E-state index in [0.717, 1.165) is 16.5 Å². The molecule has 0 aromatic heterocycles. The molecule has 0 unspecified atom stereocenters. The maximum absolute atomic E-state index is 10.5. The Balaban J connectivity index is 2.10. The highest BCUT2D eigenvalue weighted by Crippen LogP contribution is 2.15. The number of hydrogen-bond donors (Lipinski definition) is 0. The van der Waals surface area contributed by atoms with Gasteiger partial charge in [-0.1, -0.05) is 52.3 Å². The van der Waals surface area contributed by atoms with Crippen LogP contribution in [0.5, 0.6) is 0 Å². The minimum absolute atomic E-state index is 0.110. The minimum Gasteiger partial charge on any atom is -0.258 e. The molecule has 96 valence electrons. The number of non-ortho nitro benzene ring substituents is 1. The molecule has 2 aromatic rings. The second-order valence-corrected chi connectivity index (χ2v) is 4.62. The van der Waals surface area contributed by atoms with Gasteiger partial charge in [0.05, 0.1) is 4.92 Å². The van der Waals surface area contributed by atoms with Gasteiger partial charge in [0.15, 0.2) is 0 Å². The van der Waals surface area contributed by atoms with Crippen molar-refractivity contribution in [1.29, 1.82) is 0 Å². The molecule has 0 spiro atoms. The largest absolute Gasteiger partial charge is 0.269 e. The van der Waals surface area contributed by atoms with Crippen LogP contribution in [0.25, 0.3) is 12.2 Å². The number of rotatable bonds is 4. The van der Waals surface area contributed by atoms with Gasteiger partial charge in [0.1, 0.15) is 0 Å². The number of nitro benzene ring substituents is 1. The minimum atomic E-state index is -0.396. The van der Waals surface area contributed by atoms with E-state index >= 15 is 0 Å². The van der Waals surface area contributed by atoms with Gasteiger partial charge >= 0.3 is 0 Å². The lowest BCUT2D eigenvalue weighted by Crippen LogP contribution is -1.86.